The number of aromatic nitrogens is 2. The first-order valence-corrected chi connectivity index (χ1v) is 14.9. The fraction of sp³-hybridized carbons (Fsp3) is 0. The Morgan fingerprint density at radius 1 is 0.455 bits per heavy atom. The number of anilines is 3. The topological polar surface area (TPSA) is 21.1 Å². The quantitative estimate of drug-likeness (QED) is 0.201. The zero-order chi connectivity index (χ0) is 29.3. The van der Waals surface area contributed by atoms with Crippen LogP contribution in [0.2, 0.25) is 0 Å². The van der Waals surface area contributed by atoms with Crippen LogP contribution in [0.25, 0.3) is 49.9 Å². The number of hydrogen-bond acceptors (Lipinski definition) is 2. The highest BCUT2D eigenvalue weighted by atomic mass is 15.1. The van der Waals surface area contributed by atoms with Crippen molar-refractivity contribution in [2.24, 2.45) is 0 Å². The van der Waals surface area contributed by atoms with E-state index in [1.807, 2.05) is 18.3 Å². The van der Waals surface area contributed by atoms with Crippen LogP contribution in [-0.4, -0.2) is 9.55 Å². The molecule has 0 aliphatic rings. The Kier molecular flexibility index (Phi) is 6.47. The van der Waals surface area contributed by atoms with Crippen molar-refractivity contribution in [3.05, 3.63) is 176 Å². The number of para-hydroxylation sites is 2. The van der Waals surface area contributed by atoms with Crippen molar-refractivity contribution < 1.29 is 0 Å². The van der Waals surface area contributed by atoms with E-state index in [0.717, 1.165) is 39.5 Å². The SMILES string of the molecule is c1ccc(-c2ccc(N(c3ccccc3)c3cccc4c3c3ccccc3n4-c3cccc(-c4ccccn4)c3)cc2)cc1. The van der Waals surface area contributed by atoms with Crippen molar-refractivity contribution in [2.45, 2.75) is 0 Å². The molecule has 0 unspecified atom stereocenters. The standard InChI is InChI=1S/C41H29N3/c1-3-13-30(14-4-1)31-24-26-34(27-25-31)43(33-16-5-2-6-17-33)39-22-12-23-40-41(39)36-19-7-8-21-38(36)44(40)35-18-11-15-32(29-35)37-20-9-10-28-42-37/h1-29H. The Balaban J connectivity index is 1.35. The molecule has 44 heavy (non-hydrogen) atoms. The zero-order valence-corrected chi connectivity index (χ0v) is 24.1. The molecule has 0 atom stereocenters. The van der Waals surface area contributed by atoms with Gasteiger partial charge in [-0.05, 0) is 77.9 Å². The summed E-state index contributed by atoms with van der Waals surface area (Å²) in [7, 11) is 0. The maximum atomic E-state index is 4.61. The molecule has 0 N–H and O–H groups in total. The third-order valence-electron chi connectivity index (χ3n) is 8.23. The fourth-order valence-corrected chi connectivity index (χ4v) is 6.24. The molecule has 8 aromatic rings. The third kappa shape index (κ3) is 4.52. The molecular formula is C41H29N3. The number of nitrogens with zero attached hydrogens (tertiary/aromatic N) is 3. The molecule has 2 heterocycles. The molecule has 0 spiro atoms. The summed E-state index contributed by atoms with van der Waals surface area (Å²) in [5.74, 6) is 0. The molecule has 0 fully saturated rings. The summed E-state index contributed by atoms with van der Waals surface area (Å²) >= 11 is 0. The van der Waals surface area contributed by atoms with Gasteiger partial charge in [0.1, 0.15) is 0 Å². The van der Waals surface area contributed by atoms with Gasteiger partial charge in [0.25, 0.3) is 0 Å². The number of benzene rings is 6. The summed E-state index contributed by atoms with van der Waals surface area (Å²) in [6.45, 7) is 0. The minimum atomic E-state index is 0.963. The largest absolute Gasteiger partial charge is 0.310 e. The van der Waals surface area contributed by atoms with E-state index in [2.05, 4.69) is 172 Å². The lowest BCUT2D eigenvalue weighted by Crippen LogP contribution is -2.10. The second kappa shape index (κ2) is 11.0. The van der Waals surface area contributed by atoms with Crippen LogP contribution in [0, 0.1) is 0 Å². The van der Waals surface area contributed by atoms with Gasteiger partial charge in [-0.3, -0.25) is 4.98 Å². The van der Waals surface area contributed by atoms with Gasteiger partial charge in [-0.15, -0.1) is 0 Å². The minimum absolute atomic E-state index is 0.963. The molecule has 0 saturated heterocycles. The highest BCUT2D eigenvalue weighted by Crippen LogP contribution is 2.44. The summed E-state index contributed by atoms with van der Waals surface area (Å²) in [6, 6.07) is 60.1. The highest BCUT2D eigenvalue weighted by molar-refractivity contribution is 6.16. The molecule has 0 aliphatic heterocycles. The maximum Gasteiger partial charge on any atom is 0.0702 e. The predicted octanol–water partition coefficient (Wildman–Crippen LogP) is 11.0. The zero-order valence-electron chi connectivity index (χ0n) is 24.1. The smallest absolute Gasteiger partial charge is 0.0702 e. The summed E-state index contributed by atoms with van der Waals surface area (Å²) in [5, 5.41) is 2.42. The van der Waals surface area contributed by atoms with Crippen LogP contribution in [0.5, 0.6) is 0 Å². The molecule has 208 valence electrons. The molecule has 0 amide bonds. The molecule has 0 aliphatic carbocycles. The molecule has 6 aromatic carbocycles. The second-order valence-electron chi connectivity index (χ2n) is 10.9. The van der Waals surface area contributed by atoms with Crippen molar-refractivity contribution >= 4 is 38.9 Å². The Bertz CT molecular complexity index is 2200. The van der Waals surface area contributed by atoms with E-state index < -0.39 is 0 Å². The Morgan fingerprint density at radius 2 is 1.09 bits per heavy atom. The van der Waals surface area contributed by atoms with E-state index in [9.17, 15) is 0 Å². The summed E-state index contributed by atoms with van der Waals surface area (Å²) in [4.78, 5) is 6.98. The summed E-state index contributed by atoms with van der Waals surface area (Å²) < 4.78 is 2.38. The van der Waals surface area contributed by atoms with Crippen molar-refractivity contribution in [2.75, 3.05) is 4.90 Å². The number of rotatable bonds is 6. The van der Waals surface area contributed by atoms with Crippen LogP contribution in [0.3, 0.4) is 0 Å². The molecule has 0 bridgehead atoms. The molecule has 3 nitrogen and oxygen atoms in total. The average Bonchev–Trinajstić information content (AvgIpc) is 3.45. The monoisotopic (exact) mass is 563 g/mol. The van der Waals surface area contributed by atoms with Gasteiger partial charge in [0.15, 0.2) is 0 Å². The number of fused-ring (bicyclic) bond motifs is 3. The minimum Gasteiger partial charge on any atom is -0.310 e. The maximum absolute atomic E-state index is 4.61. The molecule has 0 saturated carbocycles. The van der Waals surface area contributed by atoms with Crippen molar-refractivity contribution in [1.82, 2.24) is 9.55 Å². The van der Waals surface area contributed by atoms with Gasteiger partial charge in [0.05, 0.1) is 22.4 Å². The van der Waals surface area contributed by atoms with E-state index in [4.69, 9.17) is 0 Å². The van der Waals surface area contributed by atoms with E-state index in [-0.39, 0.29) is 0 Å². The van der Waals surface area contributed by atoms with Gasteiger partial charge in [-0.25, -0.2) is 0 Å². The first-order chi connectivity index (χ1) is 21.8. The normalized spacial score (nSPS) is 11.2. The molecule has 3 heteroatoms. The van der Waals surface area contributed by atoms with Crippen LogP contribution >= 0.6 is 0 Å². The second-order valence-corrected chi connectivity index (χ2v) is 10.9. The Labute approximate surface area is 256 Å². The first kappa shape index (κ1) is 25.8. The molecule has 0 radical (unpaired) electrons. The molecule has 8 rings (SSSR count). The lowest BCUT2D eigenvalue weighted by molar-refractivity contribution is 1.18. The highest BCUT2D eigenvalue weighted by Gasteiger charge is 2.21. The third-order valence-corrected chi connectivity index (χ3v) is 8.23. The Hall–Kier alpha value is -5.93. The Morgan fingerprint density at radius 3 is 1.89 bits per heavy atom. The van der Waals surface area contributed by atoms with Crippen LogP contribution in [0.15, 0.2) is 176 Å². The van der Waals surface area contributed by atoms with Crippen LogP contribution in [-0.2, 0) is 0 Å². The summed E-state index contributed by atoms with van der Waals surface area (Å²) in [5.41, 5.74) is 11.3. The van der Waals surface area contributed by atoms with Gasteiger partial charge in [0.2, 0.25) is 0 Å². The predicted molar refractivity (Wildman–Crippen MR) is 184 cm³/mol. The van der Waals surface area contributed by atoms with E-state index in [1.54, 1.807) is 0 Å². The van der Waals surface area contributed by atoms with Crippen LogP contribution < -0.4 is 4.90 Å². The van der Waals surface area contributed by atoms with Gasteiger partial charge in [0, 0.05) is 39.6 Å². The van der Waals surface area contributed by atoms with Crippen molar-refractivity contribution in [3.63, 3.8) is 0 Å². The molecule has 2 aromatic heterocycles. The summed E-state index contributed by atoms with van der Waals surface area (Å²) in [6.07, 6.45) is 1.85. The van der Waals surface area contributed by atoms with Gasteiger partial charge >= 0.3 is 0 Å². The number of pyridine rings is 1. The lowest BCUT2D eigenvalue weighted by Gasteiger charge is -2.26. The fourth-order valence-electron chi connectivity index (χ4n) is 6.24. The number of hydrogen-bond donors (Lipinski definition) is 0. The van der Waals surface area contributed by atoms with E-state index >= 15 is 0 Å². The van der Waals surface area contributed by atoms with Crippen LogP contribution in [0.1, 0.15) is 0 Å². The van der Waals surface area contributed by atoms with Gasteiger partial charge in [-0.2, -0.15) is 0 Å². The average molecular weight is 564 g/mol. The van der Waals surface area contributed by atoms with Crippen molar-refractivity contribution in [1.29, 1.82) is 0 Å². The van der Waals surface area contributed by atoms with Crippen LogP contribution in [0.4, 0.5) is 17.1 Å². The van der Waals surface area contributed by atoms with Crippen molar-refractivity contribution in [3.8, 4) is 28.1 Å². The first-order valence-electron chi connectivity index (χ1n) is 14.9. The van der Waals surface area contributed by atoms with Gasteiger partial charge < -0.3 is 9.47 Å². The van der Waals surface area contributed by atoms with E-state index in [0.29, 0.717) is 0 Å². The van der Waals surface area contributed by atoms with Gasteiger partial charge in [-0.1, -0.05) is 103 Å². The lowest BCUT2D eigenvalue weighted by atomic mass is 10.0. The molecular weight excluding hydrogens is 534 g/mol. The van der Waals surface area contributed by atoms with E-state index in [1.165, 1.54) is 27.4 Å².